The maximum absolute atomic E-state index is 13.1. The Balaban J connectivity index is 1.48. The van der Waals surface area contributed by atoms with E-state index < -0.39 is 5.60 Å². The number of aryl methyl sites for hydroxylation is 1. The monoisotopic (exact) mass is 359 g/mol. The van der Waals surface area contributed by atoms with Crippen LogP contribution in [0.25, 0.3) is 5.78 Å². The highest BCUT2D eigenvalue weighted by atomic mass is 16.5. The minimum atomic E-state index is -0.667. The van der Waals surface area contributed by atoms with Gasteiger partial charge in [-0.2, -0.15) is 14.6 Å². The molecule has 26 heavy (non-hydrogen) atoms. The Hall–Kier alpha value is -2.26. The number of amides is 1. The molecular weight excluding hydrogens is 334 g/mol. The number of fused-ring (bicyclic) bond motifs is 1. The molecule has 0 radical (unpaired) electrons. The minimum absolute atomic E-state index is 0.123. The van der Waals surface area contributed by atoms with Crippen molar-refractivity contribution in [3.63, 3.8) is 0 Å². The zero-order valence-corrected chi connectivity index (χ0v) is 15.3. The van der Waals surface area contributed by atoms with Gasteiger partial charge in [-0.15, -0.1) is 0 Å². The molecule has 0 aliphatic carbocycles. The number of methoxy groups -OCH3 is 1. The first kappa shape index (κ1) is 17.2. The molecule has 2 fully saturated rings. The van der Waals surface area contributed by atoms with Crippen LogP contribution >= 0.6 is 0 Å². The van der Waals surface area contributed by atoms with Crippen molar-refractivity contribution in [2.45, 2.75) is 25.4 Å². The molecule has 2 aromatic heterocycles. The molecular formula is C17H25N7O2. The van der Waals surface area contributed by atoms with E-state index in [0.717, 1.165) is 50.5 Å². The van der Waals surface area contributed by atoms with Gasteiger partial charge in [-0.3, -0.25) is 4.79 Å². The van der Waals surface area contributed by atoms with Crippen LogP contribution in [0, 0.1) is 6.92 Å². The van der Waals surface area contributed by atoms with Gasteiger partial charge in [0.15, 0.2) is 0 Å². The molecule has 9 nitrogen and oxygen atoms in total. The van der Waals surface area contributed by atoms with Crippen LogP contribution in [0.2, 0.25) is 0 Å². The third-order valence-electron chi connectivity index (χ3n) is 5.44. The Labute approximate surface area is 152 Å². The molecule has 9 heteroatoms. The van der Waals surface area contributed by atoms with Crippen LogP contribution < -0.4 is 10.2 Å². The van der Waals surface area contributed by atoms with E-state index in [1.165, 1.54) is 6.33 Å². The van der Waals surface area contributed by atoms with E-state index in [2.05, 4.69) is 25.3 Å². The Morgan fingerprint density at radius 2 is 1.96 bits per heavy atom. The van der Waals surface area contributed by atoms with E-state index in [9.17, 15) is 4.79 Å². The number of aromatic nitrogens is 4. The van der Waals surface area contributed by atoms with Gasteiger partial charge in [0.25, 0.3) is 11.7 Å². The van der Waals surface area contributed by atoms with Crippen LogP contribution in [0.15, 0.2) is 12.4 Å². The highest BCUT2D eigenvalue weighted by molar-refractivity contribution is 5.85. The van der Waals surface area contributed by atoms with Crippen LogP contribution in [-0.2, 0) is 9.53 Å². The van der Waals surface area contributed by atoms with Crippen LogP contribution in [0.5, 0.6) is 0 Å². The van der Waals surface area contributed by atoms with Crippen molar-refractivity contribution in [1.82, 2.24) is 29.8 Å². The minimum Gasteiger partial charge on any atom is -0.368 e. The van der Waals surface area contributed by atoms with Gasteiger partial charge < -0.3 is 19.9 Å². The zero-order valence-electron chi connectivity index (χ0n) is 15.3. The van der Waals surface area contributed by atoms with Crippen molar-refractivity contribution < 1.29 is 9.53 Å². The summed E-state index contributed by atoms with van der Waals surface area (Å²) in [6, 6.07) is 2.02. The van der Waals surface area contributed by atoms with Crippen molar-refractivity contribution in [3.8, 4) is 0 Å². The fraction of sp³-hybridized carbons (Fsp3) is 0.647. The number of ether oxygens (including phenoxy) is 1. The molecule has 0 bridgehead atoms. The second-order valence-corrected chi connectivity index (χ2v) is 6.96. The van der Waals surface area contributed by atoms with Gasteiger partial charge in [0.05, 0.1) is 0 Å². The normalized spacial score (nSPS) is 20.5. The lowest BCUT2D eigenvalue weighted by molar-refractivity contribution is -0.158. The first-order valence-corrected chi connectivity index (χ1v) is 9.10. The quantitative estimate of drug-likeness (QED) is 0.815. The first-order valence-electron chi connectivity index (χ1n) is 9.10. The highest BCUT2D eigenvalue weighted by Gasteiger charge is 2.43. The van der Waals surface area contributed by atoms with Crippen LogP contribution in [0.3, 0.4) is 0 Å². The topological polar surface area (TPSA) is 87.9 Å². The predicted molar refractivity (Wildman–Crippen MR) is 96.2 cm³/mol. The lowest BCUT2D eigenvalue weighted by Crippen LogP contribution is -2.59. The maximum Gasteiger partial charge on any atom is 0.255 e. The molecule has 4 rings (SSSR count). The highest BCUT2D eigenvalue weighted by Crippen LogP contribution is 2.26. The number of carbonyl (C=O) groups excluding carboxylic acids is 1. The molecule has 140 valence electrons. The van der Waals surface area contributed by atoms with E-state index in [1.54, 1.807) is 11.6 Å². The van der Waals surface area contributed by atoms with Gasteiger partial charge in [-0.1, -0.05) is 0 Å². The molecule has 0 spiro atoms. The largest absolute Gasteiger partial charge is 0.368 e. The van der Waals surface area contributed by atoms with Crippen molar-refractivity contribution in [2.24, 2.45) is 0 Å². The van der Waals surface area contributed by atoms with Gasteiger partial charge >= 0.3 is 0 Å². The number of piperidine rings is 1. The van der Waals surface area contributed by atoms with E-state index in [0.29, 0.717) is 18.9 Å². The molecule has 1 N–H and O–H groups in total. The summed E-state index contributed by atoms with van der Waals surface area (Å²) in [4.78, 5) is 25.9. The lowest BCUT2D eigenvalue weighted by Gasteiger charge is -2.42. The zero-order chi connectivity index (χ0) is 18.1. The number of rotatable bonds is 3. The van der Waals surface area contributed by atoms with E-state index >= 15 is 0 Å². The first-order chi connectivity index (χ1) is 12.6. The number of nitrogens with zero attached hydrogens (tertiary/aromatic N) is 6. The maximum atomic E-state index is 13.1. The molecule has 4 heterocycles. The van der Waals surface area contributed by atoms with Gasteiger partial charge in [0, 0.05) is 45.0 Å². The molecule has 0 unspecified atom stereocenters. The number of anilines is 1. The lowest BCUT2D eigenvalue weighted by atomic mass is 9.90. The summed E-state index contributed by atoms with van der Waals surface area (Å²) < 4.78 is 7.45. The Kier molecular flexibility index (Phi) is 4.49. The van der Waals surface area contributed by atoms with Crippen molar-refractivity contribution in [2.75, 3.05) is 51.3 Å². The Bertz CT molecular complexity index is 792. The molecule has 2 aliphatic heterocycles. The van der Waals surface area contributed by atoms with Gasteiger partial charge in [-0.25, -0.2) is 4.98 Å². The average molecular weight is 359 g/mol. The van der Waals surface area contributed by atoms with Crippen LogP contribution in [0.4, 0.5) is 5.82 Å². The molecule has 2 saturated heterocycles. The van der Waals surface area contributed by atoms with E-state index in [-0.39, 0.29) is 5.91 Å². The fourth-order valence-corrected chi connectivity index (χ4v) is 3.90. The number of hydrogen-bond donors (Lipinski definition) is 1. The van der Waals surface area contributed by atoms with Crippen LogP contribution in [0.1, 0.15) is 18.5 Å². The molecule has 0 saturated carbocycles. The summed E-state index contributed by atoms with van der Waals surface area (Å²) in [7, 11) is 1.65. The van der Waals surface area contributed by atoms with E-state index in [4.69, 9.17) is 4.74 Å². The number of nitrogens with one attached hydrogen (secondary N) is 1. The SMILES string of the molecule is COC1(C(=O)N2CCN(c3cc(C)nc4ncnn34)CC2)CCNCC1. The van der Waals surface area contributed by atoms with Crippen molar-refractivity contribution >= 4 is 17.5 Å². The van der Waals surface area contributed by atoms with Crippen molar-refractivity contribution in [3.05, 3.63) is 18.1 Å². The number of hydrogen-bond acceptors (Lipinski definition) is 7. The standard InChI is InChI=1S/C17H25N7O2/c1-13-11-14(24-16(21-13)19-12-20-24)22-7-9-23(10-8-22)15(25)17(26-2)3-5-18-6-4-17/h11-12,18H,3-10H2,1-2H3. The Morgan fingerprint density at radius 3 is 2.65 bits per heavy atom. The Morgan fingerprint density at radius 1 is 1.23 bits per heavy atom. The molecule has 2 aromatic rings. The van der Waals surface area contributed by atoms with Crippen LogP contribution in [-0.4, -0.2) is 82.4 Å². The van der Waals surface area contributed by atoms with Gasteiger partial charge in [0.1, 0.15) is 17.7 Å². The van der Waals surface area contributed by atoms with Gasteiger partial charge in [-0.05, 0) is 32.9 Å². The third kappa shape index (κ3) is 2.90. The molecule has 0 atom stereocenters. The summed E-state index contributed by atoms with van der Waals surface area (Å²) in [6.07, 6.45) is 2.97. The molecule has 2 aliphatic rings. The smallest absolute Gasteiger partial charge is 0.255 e. The third-order valence-corrected chi connectivity index (χ3v) is 5.44. The van der Waals surface area contributed by atoms with Crippen molar-refractivity contribution in [1.29, 1.82) is 0 Å². The number of piperazine rings is 1. The second kappa shape index (κ2) is 6.81. The summed E-state index contributed by atoms with van der Waals surface area (Å²) >= 11 is 0. The summed E-state index contributed by atoms with van der Waals surface area (Å²) in [5.41, 5.74) is 0.242. The summed E-state index contributed by atoms with van der Waals surface area (Å²) in [5.74, 6) is 1.70. The molecule has 1 amide bonds. The summed E-state index contributed by atoms with van der Waals surface area (Å²) in [6.45, 7) is 6.45. The summed E-state index contributed by atoms with van der Waals surface area (Å²) in [5, 5.41) is 7.58. The average Bonchev–Trinajstić information content (AvgIpc) is 3.15. The second-order valence-electron chi connectivity index (χ2n) is 6.96. The predicted octanol–water partition coefficient (Wildman–Crippen LogP) is -0.150. The number of carbonyl (C=O) groups is 1. The van der Waals surface area contributed by atoms with Gasteiger partial charge in [0.2, 0.25) is 0 Å². The fourth-order valence-electron chi connectivity index (χ4n) is 3.90. The molecule has 0 aromatic carbocycles. The van der Waals surface area contributed by atoms with E-state index in [1.807, 2.05) is 17.9 Å².